The molecule has 10 heteroatoms. The van der Waals surface area contributed by atoms with Crippen LogP contribution in [0.15, 0.2) is 36.4 Å². The van der Waals surface area contributed by atoms with Gasteiger partial charge in [0.15, 0.2) is 11.5 Å². The number of nitro benzene ring substituents is 1. The monoisotopic (exact) mass is 430 g/mol. The fraction of sp³-hybridized carbons (Fsp3) is 0.381. The fourth-order valence-electron chi connectivity index (χ4n) is 3.51. The quantitative estimate of drug-likeness (QED) is 0.532. The maximum absolute atomic E-state index is 12.5. The van der Waals surface area contributed by atoms with E-state index in [9.17, 15) is 14.9 Å². The molecule has 0 aliphatic carbocycles. The molecule has 1 heterocycles. The SMILES string of the molecule is COc1ccc(CN2CCN(C(=O)Nc3ccc([N+](=O)[O-])cc3)CC2)c(OC)c1OC. The van der Waals surface area contributed by atoms with Crippen molar-refractivity contribution < 1.29 is 23.9 Å². The zero-order valence-corrected chi connectivity index (χ0v) is 17.8. The summed E-state index contributed by atoms with van der Waals surface area (Å²) in [5.74, 6) is 1.81. The summed E-state index contributed by atoms with van der Waals surface area (Å²) in [5, 5.41) is 13.5. The van der Waals surface area contributed by atoms with Crippen LogP contribution < -0.4 is 19.5 Å². The molecule has 10 nitrogen and oxygen atoms in total. The highest BCUT2D eigenvalue weighted by Gasteiger charge is 2.23. The number of piperazine rings is 1. The van der Waals surface area contributed by atoms with Crippen molar-refractivity contribution in [3.05, 3.63) is 52.1 Å². The van der Waals surface area contributed by atoms with Gasteiger partial charge in [-0.3, -0.25) is 15.0 Å². The van der Waals surface area contributed by atoms with Gasteiger partial charge in [-0.25, -0.2) is 4.79 Å². The van der Waals surface area contributed by atoms with Gasteiger partial charge >= 0.3 is 6.03 Å². The predicted molar refractivity (Wildman–Crippen MR) is 115 cm³/mol. The smallest absolute Gasteiger partial charge is 0.321 e. The summed E-state index contributed by atoms with van der Waals surface area (Å²) in [6.07, 6.45) is 0. The number of ether oxygens (including phenoxy) is 3. The van der Waals surface area contributed by atoms with Gasteiger partial charge in [-0.05, 0) is 18.2 Å². The molecule has 0 spiro atoms. The van der Waals surface area contributed by atoms with Crippen molar-refractivity contribution in [2.75, 3.05) is 52.8 Å². The third-order valence-electron chi connectivity index (χ3n) is 5.17. The zero-order chi connectivity index (χ0) is 22.4. The van der Waals surface area contributed by atoms with Crippen LogP contribution >= 0.6 is 0 Å². The van der Waals surface area contributed by atoms with E-state index >= 15 is 0 Å². The van der Waals surface area contributed by atoms with E-state index in [4.69, 9.17) is 14.2 Å². The summed E-state index contributed by atoms with van der Waals surface area (Å²) in [5.41, 5.74) is 1.48. The number of carbonyl (C=O) groups is 1. The Balaban J connectivity index is 1.57. The Bertz CT molecular complexity index is 926. The van der Waals surface area contributed by atoms with Crippen molar-refractivity contribution in [1.82, 2.24) is 9.80 Å². The first kappa shape index (κ1) is 22.2. The molecule has 0 atom stereocenters. The molecule has 3 rings (SSSR count). The van der Waals surface area contributed by atoms with E-state index in [1.807, 2.05) is 12.1 Å². The molecule has 0 unspecified atom stereocenters. The lowest BCUT2D eigenvalue weighted by Gasteiger charge is -2.35. The van der Waals surface area contributed by atoms with Gasteiger partial charge in [-0.2, -0.15) is 0 Å². The number of methoxy groups -OCH3 is 3. The molecule has 1 saturated heterocycles. The van der Waals surface area contributed by atoms with Crippen molar-refractivity contribution in [2.24, 2.45) is 0 Å². The Morgan fingerprint density at radius 2 is 1.61 bits per heavy atom. The fourth-order valence-corrected chi connectivity index (χ4v) is 3.51. The standard InChI is InChI=1S/C21H26N4O6/c1-29-18-9-4-15(19(30-2)20(18)31-3)14-23-10-12-24(13-11-23)21(26)22-16-5-7-17(8-6-16)25(27)28/h4-9H,10-14H2,1-3H3,(H,22,26). The van der Waals surface area contributed by atoms with Gasteiger partial charge in [0.1, 0.15) is 0 Å². The van der Waals surface area contributed by atoms with Crippen LogP contribution in [0.4, 0.5) is 16.2 Å². The summed E-state index contributed by atoms with van der Waals surface area (Å²) in [4.78, 5) is 26.7. The molecular weight excluding hydrogens is 404 g/mol. The Labute approximate surface area is 180 Å². The van der Waals surface area contributed by atoms with E-state index < -0.39 is 4.92 Å². The third kappa shape index (κ3) is 5.15. The molecule has 0 saturated carbocycles. The van der Waals surface area contributed by atoms with E-state index in [2.05, 4.69) is 10.2 Å². The van der Waals surface area contributed by atoms with Crippen molar-refractivity contribution in [3.63, 3.8) is 0 Å². The van der Waals surface area contributed by atoms with Gasteiger partial charge in [-0.15, -0.1) is 0 Å². The first-order valence-electron chi connectivity index (χ1n) is 9.77. The molecular formula is C21H26N4O6. The number of amides is 2. The molecule has 1 aliphatic heterocycles. The van der Waals surface area contributed by atoms with Gasteiger partial charge < -0.3 is 24.4 Å². The second kappa shape index (κ2) is 9.98. The Hall–Kier alpha value is -3.53. The van der Waals surface area contributed by atoms with E-state index in [1.165, 1.54) is 24.3 Å². The number of anilines is 1. The number of benzene rings is 2. The first-order chi connectivity index (χ1) is 15.0. The lowest BCUT2D eigenvalue weighted by atomic mass is 10.1. The van der Waals surface area contributed by atoms with E-state index in [-0.39, 0.29) is 11.7 Å². The normalized spacial score (nSPS) is 14.1. The number of nitrogens with zero attached hydrogens (tertiary/aromatic N) is 3. The lowest BCUT2D eigenvalue weighted by molar-refractivity contribution is -0.384. The second-order valence-corrected chi connectivity index (χ2v) is 6.99. The molecule has 1 aliphatic rings. The minimum Gasteiger partial charge on any atom is -0.493 e. The van der Waals surface area contributed by atoms with Crippen LogP contribution in [0.3, 0.4) is 0 Å². The molecule has 1 fully saturated rings. The number of non-ortho nitro benzene ring substituents is 1. The summed E-state index contributed by atoms with van der Waals surface area (Å²) >= 11 is 0. The van der Waals surface area contributed by atoms with E-state index in [0.29, 0.717) is 55.7 Å². The first-order valence-corrected chi connectivity index (χ1v) is 9.77. The van der Waals surface area contributed by atoms with Crippen molar-refractivity contribution >= 4 is 17.4 Å². The van der Waals surface area contributed by atoms with Crippen molar-refractivity contribution in [3.8, 4) is 17.2 Å². The summed E-state index contributed by atoms with van der Waals surface area (Å²) < 4.78 is 16.3. The maximum Gasteiger partial charge on any atom is 0.321 e. The minimum atomic E-state index is -0.474. The summed E-state index contributed by atoms with van der Waals surface area (Å²) in [6, 6.07) is 9.36. The van der Waals surface area contributed by atoms with Crippen LogP contribution in [0.25, 0.3) is 0 Å². The van der Waals surface area contributed by atoms with Crippen LogP contribution in [0, 0.1) is 10.1 Å². The summed E-state index contributed by atoms with van der Waals surface area (Å²) in [6.45, 7) is 3.18. The van der Waals surface area contributed by atoms with Crippen LogP contribution in [-0.2, 0) is 6.54 Å². The number of rotatable bonds is 7. The van der Waals surface area contributed by atoms with Crippen LogP contribution in [0.5, 0.6) is 17.2 Å². The Kier molecular flexibility index (Phi) is 7.14. The van der Waals surface area contributed by atoms with Gasteiger partial charge in [-0.1, -0.05) is 6.07 Å². The number of nitro groups is 1. The largest absolute Gasteiger partial charge is 0.493 e. The molecule has 2 aromatic carbocycles. The molecule has 0 radical (unpaired) electrons. The molecule has 1 N–H and O–H groups in total. The molecule has 0 aromatic heterocycles. The van der Waals surface area contributed by atoms with Gasteiger partial charge in [0.05, 0.1) is 26.3 Å². The van der Waals surface area contributed by atoms with Gasteiger partial charge in [0.2, 0.25) is 5.75 Å². The van der Waals surface area contributed by atoms with Gasteiger partial charge in [0.25, 0.3) is 5.69 Å². The number of nitrogens with one attached hydrogen (secondary N) is 1. The molecule has 166 valence electrons. The highest BCUT2D eigenvalue weighted by Crippen LogP contribution is 2.40. The Morgan fingerprint density at radius 1 is 0.968 bits per heavy atom. The molecule has 2 aromatic rings. The zero-order valence-electron chi connectivity index (χ0n) is 17.8. The second-order valence-electron chi connectivity index (χ2n) is 6.99. The molecule has 2 amide bonds. The number of hydrogen-bond donors (Lipinski definition) is 1. The Morgan fingerprint density at radius 3 is 2.16 bits per heavy atom. The minimum absolute atomic E-state index is 0.0165. The molecule has 0 bridgehead atoms. The average Bonchev–Trinajstić information content (AvgIpc) is 2.79. The van der Waals surface area contributed by atoms with Crippen LogP contribution in [0.2, 0.25) is 0 Å². The predicted octanol–water partition coefficient (Wildman–Crippen LogP) is 2.97. The maximum atomic E-state index is 12.5. The van der Waals surface area contributed by atoms with E-state index in [1.54, 1.807) is 26.2 Å². The number of carbonyl (C=O) groups excluding carboxylic acids is 1. The highest BCUT2D eigenvalue weighted by molar-refractivity contribution is 5.89. The number of hydrogen-bond acceptors (Lipinski definition) is 7. The highest BCUT2D eigenvalue weighted by atomic mass is 16.6. The van der Waals surface area contributed by atoms with Crippen LogP contribution in [-0.4, -0.2) is 68.3 Å². The van der Waals surface area contributed by atoms with Crippen molar-refractivity contribution in [2.45, 2.75) is 6.54 Å². The summed E-state index contributed by atoms with van der Waals surface area (Å²) in [7, 11) is 4.76. The number of urea groups is 1. The van der Waals surface area contributed by atoms with Gasteiger partial charge in [0, 0.05) is 56.1 Å². The van der Waals surface area contributed by atoms with E-state index in [0.717, 1.165) is 5.56 Å². The average molecular weight is 430 g/mol. The lowest BCUT2D eigenvalue weighted by Crippen LogP contribution is -2.49. The van der Waals surface area contributed by atoms with Crippen molar-refractivity contribution in [1.29, 1.82) is 0 Å². The van der Waals surface area contributed by atoms with Crippen LogP contribution in [0.1, 0.15) is 5.56 Å². The third-order valence-corrected chi connectivity index (χ3v) is 5.17. The topological polar surface area (TPSA) is 106 Å². The molecule has 31 heavy (non-hydrogen) atoms.